The number of nitrogens with zero attached hydrogens (tertiary/aromatic N) is 2. The number of nitrogens with one attached hydrogen (secondary N) is 1. The first kappa shape index (κ1) is 17.1. The lowest BCUT2D eigenvalue weighted by Gasteiger charge is -2.20. The standard InChI is InChI=1S/C14H19N3O3S/c1-4-17(10-14(18)16-11(2)3)21(19,20)13-7-5-12(9-15)6-8-13/h5-8,11H,4,10H2,1-3H3,(H,16,18). The van der Waals surface area contributed by atoms with Gasteiger partial charge in [-0.05, 0) is 38.1 Å². The third-order valence-corrected chi connectivity index (χ3v) is 4.68. The van der Waals surface area contributed by atoms with Gasteiger partial charge >= 0.3 is 0 Å². The Balaban J connectivity index is 2.96. The van der Waals surface area contributed by atoms with Crippen molar-refractivity contribution in [3.63, 3.8) is 0 Å². The maximum atomic E-state index is 12.4. The second-order valence-electron chi connectivity index (χ2n) is 4.79. The van der Waals surface area contributed by atoms with Crippen molar-refractivity contribution >= 4 is 15.9 Å². The van der Waals surface area contributed by atoms with Crippen molar-refractivity contribution in [3.8, 4) is 6.07 Å². The summed E-state index contributed by atoms with van der Waals surface area (Å²) in [7, 11) is -3.74. The van der Waals surface area contributed by atoms with Crippen molar-refractivity contribution in [1.29, 1.82) is 5.26 Å². The van der Waals surface area contributed by atoms with Gasteiger partial charge in [-0.3, -0.25) is 4.79 Å². The average molecular weight is 309 g/mol. The van der Waals surface area contributed by atoms with Crippen molar-refractivity contribution in [2.24, 2.45) is 0 Å². The van der Waals surface area contributed by atoms with Gasteiger partial charge in [0.1, 0.15) is 0 Å². The molecule has 7 heteroatoms. The van der Waals surface area contributed by atoms with E-state index in [0.717, 1.165) is 4.31 Å². The zero-order valence-electron chi connectivity index (χ0n) is 12.3. The smallest absolute Gasteiger partial charge is 0.243 e. The van der Waals surface area contributed by atoms with E-state index in [9.17, 15) is 13.2 Å². The van der Waals surface area contributed by atoms with Gasteiger partial charge in [0.25, 0.3) is 0 Å². The fourth-order valence-electron chi connectivity index (χ4n) is 1.75. The third kappa shape index (κ3) is 4.55. The van der Waals surface area contributed by atoms with Crippen LogP contribution in [0.5, 0.6) is 0 Å². The minimum atomic E-state index is -3.74. The van der Waals surface area contributed by atoms with Crippen LogP contribution in [0.1, 0.15) is 26.3 Å². The van der Waals surface area contributed by atoms with E-state index in [1.807, 2.05) is 19.9 Å². The molecule has 0 saturated carbocycles. The van der Waals surface area contributed by atoms with Crippen molar-refractivity contribution in [1.82, 2.24) is 9.62 Å². The molecule has 0 aliphatic heterocycles. The van der Waals surface area contributed by atoms with Gasteiger partial charge in [0.15, 0.2) is 0 Å². The van der Waals surface area contributed by atoms with Crippen LogP contribution in [0.15, 0.2) is 29.2 Å². The van der Waals surface area contributed by atoms with Crippen LogP contribution < -0.4 is 5.32 Å². The van der Waals surface area contributed by atoms with Gasteiger partial charge in [0, 0.05) is 12.6 Å². The first-order valence-corrected chi connectivity index (χ1v) is 8.05. The molecule has 0 heterocycles. The molecule has 0 fully saturated rings. The number of carbonyl (C=O) groups is 1. The zero-order chi connectivity index (χ0) is 16.0. The molecular formula is C14H19N3O3S. The molecule has 0 saturated heterocycles. The predicted octanol–water partition coefficient (Wildman–Crippen LogP) is 1.09. The maximum Gasteiger partial charge on any atom is 0.243 e. The molecule has 0 atom stereocenters. The summed E-state index contributed by atoms with van der Waals surface area (Å²) in [6.45, 7) is 5.25. The molecular weight excluding hydrogens is 290 g/mol. The van der Waals surface area contributed by atoms with Crippen LogP contribution in [-0.4, -0.2) is 37.8 Å². The molecule has 1 amide bonds. The lowest BCUT2D eigenvalue weighted by atomic mass is 10.2. The quantitative estimate of drug-likeness (QED) is 0.851. The summed E-state index contributed by atoms with van der Waals surface area (Å²) in [4.78, 5) is 11.8. The van der Waals surface area contributed by atoms with Gasteiger partial charge in [0.05, 0.1) is 23.1 Å². The van der Waals surface area contributed by atoms with E-state index in [1.165, 1.54) is 24.3 Å². The minimum absolute atomic E-state index is 0.0474. The molecule has 1 N–H and O–H groups in total. The molecule has 1 aromatic rings. The van der Waals surface area contributed by atoms with Gasteiger partial charge in [-0.15, -0.1) is 0 Å². The fraction of sp³-hybridized carbons (Fsp3) is 0.429. The van der Waals surface area contributed by atoms with Gasteiger partial charge in [-0.1, -0.05) is 6.92 Å². The Morgan fingerprint density at radius 2 is 1.90 bits per heavy atom. The molecule has 0 aliphatic rings. The van der Waals surface area contributed by atoms with E-state index < -0.39 is 10.0 Å². The fourth-order valence-corrected chi connectivity index (χ4v) is 3.15. The van der Waals surface area contributed by atoms with E-state index in [4.69, 9.17) is 5.26 Å². The summed E-state index contributed by atoms with van der Waals surface area (Å²) in [6.07, 6.45) is 0. The van der Waals surface area contributed by atoms with Crippen molar-refractivity contribution in [3.05, 3.63) is 29.8 Å². The van der Waals surface area contributed by atoms with Gasteiger partial charge in [0.2, 0.25) is 15.9 Å². The zero-order valence-corrected chi connectivity index (χ0v) is 13.1. The van der Waals surface area contributed by atoms with Crippen LogP contribution in [0, 0.1) is 11.3 Å². The number of amides is 1. The lowest BCUT2D eigenvalue weighted by Crippen LogP contribution is -2.42. The summed E-state index contributed by atoms with van der Waals surface area (Å²) < 4.78 is 26.0. The Bertz CT molecular complexity index is 630. The van der Waals surface area contributed by atoms with E-state index in [1.54, 1.807) is 6.92 Å². The highest BCUT2D eigenvalue weighted by molar-refractivity contribution is 7.89. The van der Waals surface area contributed by atoms with Gasteiger partial charge in [-0.2, -0.15) is 9.57 Å². The Labute approximate surface area is 125 Å². The summed E-state index contributed by atoms with van der Waals surface area (Å²) in [5, 5.41) is 11.4. The minimum Gasteiger partial charge on any atom is -0.353 e. The Hall–Kier alpha value is -1.91. The van der Waals surface area contributed by atoms with Crippen LogP contribution in [0.25, 0.3) is 0 Å². The molecule has 0 spiro atoms. The summed E-state index contributed by atoms with van der Waals surface area (Å²) in [5.41, 5.74) is 0.384. The summed E-state index contributed by atoms with van der Waals surface area (Å²) in [6, 6.07) is 7.51. The van der Waals surface area contributed by atoms with E-state index in [2.05, 4.69) is 5.32 Å². The lowest BCUT2D eigenvalue weighted by molar-refractivity contribution is -0.121. The Morgan fingerprint density at radius 3 is 2.33 bits per heavy atom. The van der Waals surface area contributed by atoms with Crippen LogP contribution in [0.2, 0.25) is 0 Å². The summed E-state index contributed by atoms with van der Waals surface area (Å²) in [5.74, 6) is -0.343. The van der Waals surface area contributed by atoms with Crippen LogP contribution in [-0.2, 0) is 14.8 Å². The van der Waals surface area contributed by atoms with Crippen LogP contribution in [0.3, 0.4) is 0 Å². The van der Waals surface area contributed by atoms with Crippen molar-refractivity contribution in [2.75, 3.05) is 13.1 Å². The molecule has 1 rings (SSSR count). The molecule has 6 nitrogen and oxygen atoms in total. The molecule has 0 aliphatic carbocycles. The third-order valence-electron chi connectivity index (χ3n) is 2.74. The summed E-state index contributed by atoms with van der Waals surface area (Å²) >= 11 is 0. The number of hydrogen-bond acceptors (Lipinski definition) is 4. The maximum absolute atomic E-state index is 12.4. The first-order valence-electron chi connectivity index (χ1n) is 6.61. The highest BCUT2D eigenvalue weighted by Gasteiger charge is 2.25. The molecule has 21 heavy (non-hydrogen) atoms. The molecule has 0 radical (unpaired) electrons. The number of likely N-dealkylation sites (N-methyl/N-ethyl adjacent to an activating group) is 1. The Kier molecular flexibility index (Phi) is 5.88. The Morgan fingerprint density at radius 1 is 1.33 bits per heavy atom. The number of hydrogen-bond donors (Lipinski definition) is 1. The van der Waals surface area contributed by atoms with Gasteiger partial charge < -0.3 is 5.32 Å². The van der Waals surface area contributed by atoms with E-state index in [0.29, 0.717) is 5.56 Å². The number of sulfonamides is 1. The highest BCUT2D eigenvalue weighted by atomic mass is 32.2. The molecule has 0 aromatic heterocycles. The normalized spacial score (nSPS) is 11.4. The van der Waals surface area contributed by atoms with Gasteiger partial charge in [-0.25, -0.2) is 8.42 Å². The highest BCUT2D eigenvalue weighted by Crippen LogP contribution is 2.16. The number of rotatable bonds is 6. The largest absolute Gasteiger partial charge is 0.353 e. The topological polar surface area (TPSA) is 90.3 Å². The van der Waals surface area contributed by atoms with E-state index in [-0.39, 0.29) is 29.9 Å². The second-order valence-corrected chi connectivity index (χ2v) is 6.73. The number of benzene rings is 1. The first-order chi connectivity index (χ1) is 9.81. The van der Waals surface area contributed by atoms with Crippen LogP contribution in [0.4, 0.5) is 0 Å². The van der Waals surface area contributed by atoms with E-state index >= 15 is 0 Å². The van der Waals surface area contributed by atoms with Crippen molar-refractivity contribution in [2.45, 2.75) is 31.7 Å². The number of nitriles is 1. The molecule has 1 aromatic carbocycles. The monoisotopic (exact) mass is 309 g/mol. The van der Waals surface area contributed by atoms with Crippen LogP contribution >= 0.6 is 0 Å². The second kappa shape index (κ2) is 7.20. The predicted molar refractivity (Wildman–Crippen MR) is 78.9 cm³/mol. The molecule has 114 valence electrons. The molecule has 0 unspecified atom stereocenters. The molecule has 0 bridgehead atoms. The SMILES string of the molecule is CCN(CC(=O)NC(C)C)S(=O)(=O)c1ccc(C#N)cc1. The number of carbonyl (C=O) groups excluding carboxylic acids is 1. The average Bonchev–Trinajstić information content (AvgIpc) is 2.43. The van der Waals surface area contributed by atoms with Crippen molar-refractivity contribution < 1.29 is 13.2 Å².